The van der Waals surface area contributed by atoms with Gasteiger partial charge in [-0.05, 0) is 49.6 Å². The zero-order valence-corrected chi connectivity index (χ0v) is 16.6. The molecule has 0 saturated heterocycles. The van der Waals surface area contributed by atoms with Crippen LogP contribution in [0.1, 0.15) is 30.1 Å². The van der Waals surface area contributed by atoms with Crippen molar-refractivity contribution in [2.45, 2.75) is 30.8 Å². The summed E-state index contributed by atoms with van der Waals surface area (Å²) in [6, 6.07) is 13.8. The van der Waals surface area contributed by atoms with Gasteiger partial charge in [-0.25, -0.2) is 0 Å². The molecule has 0 aliphatic heterocycles. The lowest BCUT2D eigenvalue weighted by atomic mass is 10.1. The number of hydrogen-bond donors (Lipinski definition) is 1. The lowest BCUT2D eigenvalue weighted by Crippen LogP contribution is -2.30. The number of benzene rings is 2. The molecule has 1 N–H and O–H groups in total. The van der Waals surface area contributed by atoms with Crippen molar-refractivity contribution < 1.29 is 19.1 Å². The summed E-state index contributed by atoms with van der Waals surface area (Å²) in [4.78, 5) is 37.2. The van der Waals surface area contributed by atoms with Crippen LogP contribution < -0.4 is 5.32 Å². The maximum Gasteiger partial charge on any atom is 0.307 e. The van der Waals surface area contributed by atoms with E-state index in [1.54, 1.807) is 48.2 Å². The maximum atomic E-state index is 12.1. The largest absolute Gasteiger partial charge is 0.453 e. The number of rotatable bonds is 8. The number of carbonyl (C=O) groups is 3. The van der Waals surface area contributed by atoms with Crippen LogP contribution in [-0.4, -0.2) is 30.0 Å². The Balaban J connectivity index is 1.78. The van der Waals surface area contributed by atoms with Crippen LogP contribution >= 0.6 is 23.4 Å². The highest BCUT2D eigenvalue weighted by atomic mass is 35.5. The van der Waals surface area contributed by atoms with E-state index in [0.717, 1.165) is 4.90 Å². The highest BCUT2D eigenvalue weighted by Gasteiger charge is 2.19. The second kappa shape index (κ2) is 10.1. The molecule has 0 fully saturated rings. The van der Waals surface area contributed by atoms with Crippen molar-refractivity contribution in [1.29, 1.82) is 0 Å². The van der Waals surface area contributed by atoms with Crippen molar-refractivity contribution in [1.82, 2.24) is 0 Å². The summed E-state index contributed by atoms with van der Waals surface area (Å²) in [6.45, 7) is 1.48. The molecule has 7 heteroatoms. The molecule has 0 spiro atoms. The van der Waals surface area contributed by atoms with E-state index in [0.29, 0.717) is 16.3 Å². The van der Waals surface area contributed by atoms with Gasteiger partial charge in [0.2, 0.25) is 0 Å². The first-order valence-electron chi connectivity index (χ1n) is 8.32. The van der Waals surface area contributed by atoms with Crippen LogP contribution in [0.25, 0.3) is 0 Å². The summed E-state index contributed by atoms with van der Waals surface area (Å²) in [5.41, 5.74) is 1.10. The Morgan fingerprint density at radius 3 is 2.26 bits per heavy atom. The molecule has 2 aromatic carbocycles. The van der Waals surface area contributed by atoms with Gasteiger partial charge in [0, 0.05) is 27.6 Å². The molecule has 0 unspecified atom stereocenters. The summed E-state index contributed by atoms with van der Waals surface area (Å²) >= 11 is 7.38. The monoisotopic (exact) mass is 405 g/mol. The van der Waals surface area contributed by atoms with Crippen molar-refractivity contribution >= 4 is 46.7 Å². The van der Waals surface area contributed by atoms with E-state index >= 15 is 0 Å². The Hall–Kier alpha value is -2.31. The van der Waals surface area contributed by atoms with Crippen LogP contribution in [-0.2, 0) is 14.3 Å². The fourth-order valence-electron chi connectivity index (χ4n) is 2.22. The molecule has 0 radical (unpaired) electrons. The third-order valence-corrected chi connectivity index (χ3v) is 4.75. The van der Waals surface area contributed by atoms with Gasteiger partial charge in [-0.2, -0.15) is 0 Å². The Labute approximate surface area is 167 Å². The highest BCUT2D eigenvalue weighted by molar-refractivity contribution is 7.98. The average Bonchev–Trinajstić information content (AvgIpc) is 2.67. The normalized spacial score (nSPS) is 11.5. The Morgan fingerprint density at radius 2 is 1.67 bits per heavy atom. The molecular weight excluding hydrogens is 386 g/mol. The molecule has 1 amide bonds. The lowest BCUT2D eigenvalue weighted by Gasteiger charge is -2.13. The number of esters is 1. The topological polar surface area (TPSA) is 72.5 Å². The molecule has 0 bridgehead atoms. The van der Waals surface area contributed by atoms with E-state index in [1.807, 2.05) is 18.4 Å². The Bertz CT molecular complexity index is 806. The van der Waals surface area contributed by atoms with E-state index in [2.05, 4.69) is 5.32 Å². The van der Waals surface area contributed by atoms with Crippen molar-refractivity contribution in [3.8, 4) is 0 Å². The molecule has 2 aromatic rings. The second-order valence-electron chi connectivity index (χ2n) is 5.78. The molecule has 0 heterocycles. The smallest absolute Gasteiger partial charge is 0.307 e. The van der Waals surface area contributed by atoms with Crippen molar-refractivity contribution in [3.05, 3.63) is 59.1 Å². The molecule has 5 nitrogen and oxygen atoms in total. The van der Waals surface area contributed by atoms with Gasteiger partial charge in [0.1, 0.15) is 0 Å². The standard InChI is InChI=1S/C20H20ClNO4S/c1-13(20(25)22-16-7-5-15(21)6-8-16)26-19(24)12-11-18(23)14-3-9-17(27-2)10-4-14/h3-10,13H,11-12H2,1-2H3,(H,22,25)/t13-/m1/s1. The molecule has 1 atom stereocenters. The first-order chi connectivity index (χ1) is 12.9. The minimum atomic E-state index is -0.968. The van der Waals surface area contributed by atoms with E-state index < -0.39 is 18.0 Å². The van der Waals surface area contributed by atoms with Crippen LogP contribution in [0.15, 0.2) is 53.4 Å². The first-order valence-corrected chi connectivity index (χ1v) is 9.92. The van der Waals surface area contributed by atoms with Gasteiger partial charge in [-0.3, -0.25) is 14.4 Å². The molecule has 0 saturated carbocycles. The Morgan fingerprint density at radius 1 is 1.04 bits per heavy atom. The zero-order chi connectivity index (χ0) is 19.8. The summed E-state index contributed by atoms with van der Waals surface area (Å²) in [5.74, 6) is -1.19. The number of halogens is 1. The quantitative estimate of drug-likeness (QED) is 0.395. The SMILES string of the molecule is CSc1ccc(C(=O)CCC(=O)O[C@H](C)C(=O)Nc2ccc(Cl)cc2)cc1. The Kier molecular flexibility index (Phi) is 7.88. The third-order valence-electron chi connectivity index (χ3n) is 3.76. The van der Waals surface area contributed by atoms with Crippen molar-refractivity contribution in [2.75, 3.05) is 11.6 Å². The van der Waals surface area contributed by atoms with Crippen LogP contribution in [0.3, 0.4) is 0 Å². The molecule has 2 rings (SSSR count). The number of ether oxygens (including phenoxy) is 1. The number of anilines is 1. The van der Waals surface area contributed by atoms with Gasteiger partial charge >= 0.3 is 5.97 Å². The van der Waals surface area contributed by atoms with E-state index in [-0.39, 0.29) is 18.6 Å². The molecule has 27 heavy (non-hydrogen) atoms. The predicted molar refractivity (Wildman–Crippen MR) is 107 cm³/mol. The highest BCUT2D eigenvalue weighted by Crippen LogP contribution is 2.17. The predicted octanol–water partition coefficient (Wildman–Crippen LogP) is 4.60. The average molecular weight is 406 g/mol. The molecular formula is C20H20ClNO4S. The molecule has 0 aliphatic rings. The van der Waals surface area contributed by atoms with Crippen LogP contribution in [0.4, 0.5) is 5.69 Å². The molecule has 142 valence electrons. The number of hydrogen-bond acceptors (Lipinski definition) is 5. The summed E-state index contributed by atoms with van der Waals surface area (Å²) in [5, 5.41) is 3.19. The zero-order valence-electron chi connectivity index (χ0n) is 15.0. The van der Waals surface area contributed by atoms with Gasteiger partial charge in [0.25, 0.3) is 5.91 Å². The third kappa shape index (κ3) is 6.73. The van der Waals surface area contributed by atoms with Gasteiger partial charge in [-0.15, -0.1) is 11.8 Å². The number of ketones is 1. The number of amides is 1. The van der Waals surface area contributed by atoms with E-state index in [4.69, 9.17) is 16.3 Å². The fourth-order valence-corrected chi connectivity index (χ4v) is 2.76. The summed E-state index contributed by atoms with van der Waals surface area (Å²) in [7, 11) is 0. The first kappa shape index (κ1) is 21.0. The van der Waals surface area contributed by atoms with Crippen LogP contribution in [0.2, 0.25) is 5.02 Å². The van der Waals surface area contributed by atoms with Crippen molar-refractivity contribution in [3.63, 3.8) is 0 Å². The van der Waals surface area contributed by atoms with Crippen LogP contribution in [0, 0.1) is 0 Å². The second-order valence-corrected chi connectivity index (χ2v) is 7.10. The van der Waals surface area contributed by atoms with E-state index in [1.165, 1.54) is 6.92 Å². The minimum Gasteiger partial charge on any atom is -0.453 e. The summed E-state index contributed by atoms with van der Waals surface area (Å²) in [6.07, 6.45) is 0.936. The van der Waals surface area contributed by atoms with Gasteiger partial charge in [-0.1, -0.05) is 23.7 Å². The van der Waals surface area contributed by atoms with Gasteiger partial charge < -0.3 is 10.1 Å². The lowest BCUT2D eigenvalue weighted by molar-refractivity contribution is -0.153. The summed E-state index contributed by atoms with van der Waals surface area (Å²) < 4.78 is 5.10. The van der Waals surface area contributed by atoms with Crippen molar-refractivity contribution in [2.24, 2.45) is 0 Å². The number of Topliss-reactive ketones (excluding diaryl/α,β-unsaturated/α-hetero) is 1. The minimum absolute atomic E-state index is 0.0307. The number of nitrogens with one attached hydrogen (secondary N) is 1. The van der Waals surface area contributed by atoms with Gasteiger partial charge in [0.05, 0.1) is 6.42 Å². The van der Waals surface area contributed by atoms with Gasteiger partial charge in [0.15, 0.2) is 11.9 Å². The fraction of sp³-hybridized carbons (Fsp3) is 0.250. The maximum absolute atomic E-state index is 12.1. The number of carbonyl (C=O) groups excluding carboxylic acids is 3. The molecule has 0 aliphatic carbocycles. The molecule has 0 aromatic heterocycles. The van der Waals surface area contributed by atoms with E-state index in [9.17, 15) is 14.4 Å². The number of thioether (sulfide) groups is 1. The van der Waals surface area contributed by atoms with Crippen LogP contribution in [0.5, 0.6) is 0 Å².